The Hall–Kier alpha value is -1.63. The van der Waals surface area contributed by atoms with Crippen molar-refractivity contribution in [2.45, 2.75) is 11.8 Å². The maximum absolute atomic E-state index is 11.4. The molecule has 0 atom stereocenters. The highest BCUT2D eigenvalue weighted by molar-refractivity contribution is 7.90. The second-order valence-corrected chi connectivity index (χ2v) is 5.08. The zero-order valence-corrected chi connectivity index (χ0v) is 9.65. The van der Waals surface area contributed by atoms with E-state index < -0.39 is 14.8 Å². The highest BCUT2D eigenvalue weighted by Crippen LogP contribution is 2.28. The predicted molar refractivity (Wildman–Crippen MR) is 57.4 cm³/mol. The van der Waals surface area contributed by atoms with Crippen molar-refractivity contribution in [2.75, 3.05) is 12.9 Å². The van der Waals surface area contributed by atoms with Crippen LogP contribution in [0.15, 0.2) is 23.1 Å². The summed E-state index contributed by atoms with van der Waals surface area (Å²) in [5.41, 5.74) is -0.198. The van der Waals surface area contributed by atoms with E-state index in [1.54, 1.807) is 6.92 Å². The van der Waals surface area contributed by atoms with Crippen LogP contribution in [0.2, 0.25) is 0 Å². The first-order chi connectivity index (χ1) is 7.36. The van der Waals surface area contributed by atoms with E-state index in [0.717, 1.165) is 18.4 Å². The first kappa shape index (κ1) is 12.4. The van der Waals surface area contributed by atoms with Gasteiger partial charge in [-0.15, -0.1) is 0 Å². The molecule has 0 saturated carbocycles. The Morgan fingerprint density at radius 2 is 2.06 bits per heavy atom. The van der Waals surface area contributed by atoms with Crippen molar-refractivity contribution in [3.05, 3.63) is 28.3 Å². The van der Waals surface area contributed by atoms with Gasteiger partial charge in [0.15, 0.2) is 9.84 Å². The first-order valence-corrected chi connectivity index (χ1v) is 6.36. The van der Waals surface area contributed by atoms with E-state index in [0.29, 0.717) is 0 Å². The number of benzene rings is 1. The van der Waals surface area contributed by atoms with Crippen LogP contribution in [0.5, 0.6) is 5.75 Å². The van der Waals surface area contributed by atoms with Gasteiger partial charge >= 0.3 is 0 Å². The quantitative estimate of drug-likeness (QED) is 0.591. The molecule has 0 aliphatic rings. The van der Waals surface area contributed by atoms with Gasteiger partial charge in [-0.1, -0.05) is 0 Å². The van der Waals surface area contributed by atoms with Crippen LogP contribution in [0.3, 0.4) is 0 Å². The Bertz CT molecular complexity index is 509. The summed E-state index contributed by atoms with van der Waals surface area (Å²) in [6.07, 6.45) is 1.02. The van der Waals surface area contributed by atoms with E-state index in [9.17, 15) is 18.5 Å². The van der Waals surface area contributed by atoms with Crippen molar-refractivity contribution in [1.82, 2.24) is 0 Å². The van der Waals surface area contributed by atoms with Gasteiger partial charge in [-0.3, -0.25) is 10.1 Å². The van der Waals surface area contributed by atoms with E-state index in [1.165, 1.54) is 6.07 Å². The number of non-ortho nitro benzene ring substituents is 1. The zero-order valence-electron chi connectivity index (χ0n) is 8.84. The third-order valence-corrected chi connectivity index (χ3v) is 2.97. The summed E-state index contributed by atoms with van der Waals surface area (Å²) in [6, 6.07) is 3.43. The normalized spacial score (nSPS) is 11.1. The minimum atomic E-state index is -3.45. The standard InChI is InChI=1S/C9H11NO5S/c1-3-15-8-6-7(10(11)12)4-5-9(8)16(2,13)14/h4-6H,3H2,1-2H3. The van der Waals surface area contributed by atoms with E-state index >= 15 is 0 Å². The molecule has 0 aliphatic heterocycles. The molecule has 6 nitrogen and oxygen atoms in total. The van der Waals surface area contributed by atoms with Crippen LogP contribution in [0.25, 0.3) is 0 Å². The summed E-state index contributed by atoms with van der Waals surface area (Å²) in [7, 11) is -3.45. The summed E-state index contributed by atoms with van der Waals surface area (Å²) in [4.78, 5) is 9.87. The monoisotopic (exact) mass is 245 g/mol. The number of hydrogen-bond acceptors (Lipinski definition) is 5. The van der Waals surface area contributed by atoms with Crippen LogP contribution in [-0.2, 0) is 9.84 Å². The van der Waals surface area contributed by atoms with Gasteiger partial charge in [-0.05, 0) is 13.0 Å². The summed E-state index contributed by atoms with van der Waals surface area (Å²) in [5.74, 6) is 0.0131. The van der Waals surface area contributed by atoms with Crippen LogP contribution >= 0.6 is 0 Å². The van der Waals surface area contributed by atoms with Crippen LogP contribution in [0.1, 0.15) is 6.92 Å². The number of rotatable bonds is 4. The number of nitro groups is 1. The lowest BCUT2D eigenvalue weighted by Gasteiger charge is -2.07. The highest BCUT2D eigenvalue weighted by Gasteiger charge is 2.18. The minimum absolute atomic E-state index is 0.0131. The van der Waals surface area contributed by atoms with Crippen molar-refractivity contribution in [3.63, 3.8) is 0 Å². The molecule has 0 N–H and O–H groups in total. The molecule has 0 aromatic heterocycles. The third-order valence-electron chi connectivity index (χ3n) is 1.84. The van der Waals surface area contributed by atoms with Gasteiger partial charge in [0.1, 0.15) is 10.6 Å². The topological polar surface area (TPSA) is 86.5 Å². The number of nitro benzene ring substituents is 1. The molecular formula is C9H11NO5S. The average Bonchev–Trinajstić information content (AvgIpc) is 2.16. The summed E-state index contributed by atoms with van der Waals surface area (Å²) >= 11 is 0. The Labute approximate surface area is 92.9 Å². The molecule has 0 fully saturated rings. The molecular weight excluding hydrogens is 234 g/mol. The lowest BCUT2D eigenvalue weighted by Crippen LogP contribution is -2.03. The Morgan fingerprint density at radius 1 is 1.44 bits per heavy atom. The fraction of sp³-hybridized carbons (Fsp3) is 0.333. The molecule has 0 radical (unpaired) electrons. The Morgan fingerprint density at radius 3 is 2.50 bits per heavy atom. The maximum atomic E-state index is 11.4. The van der Waals surface area contributed by atoms with E-state index in [1.807, 2.05) is 0 Å². The van der Waals surface area contributed by atoms with Crippen LogP contribution in [0, 0.1) is 10.1 Å². The number of nitrogens with zero attached hydrogens (tertiary/aromatic N) is 1. The molecule has 0 bridgehead atoms. The third kappa shape index (κ3) is 2.69. The van der Waals surface area contributed by atoms with Crippen molar-refractivity contribution in [1.29, 1.82) is 0 Å². The van der Waals surface area contributed by atoms with Crippen LogP contribution in [0.4, 0.5) is 5.69 Å². The number of hydrogen-bond donors (Lipinski definition) is 0. The van der Waals surface area contributed by atoms with Crippen molar-refractivity contribution in [2.24, 2.45) is 0 Å². The Kier molecular flexibility index (Phi) is 3.48. The first-order valence-electron chi connectivity index (χ1n) is 4.47. The largest absolute Gasteiger partial charge is 0.492 e. The molecule has 88 valence electrons. The van der Waals surface area contributed by atoms with E-state index in [4.69, 9.17) is 4.74 Å². The minimum Gasteiger partial charge on any atom is -0.492 e. The van der Waals surface area contributed by atoms with Gasteiger partial charge in [-0.2, -0.15) is 0 Å². The second-order valence-electron chi connectivity index (χ2n) is 3.09. The van der Waals surface area contributed by atoms with Gasteiger partial charge in [0, 0.05) is 12.3 Å². The molecule has 1 rings (SSSR count). The molecule has 0 saturated heterocycles. The lowest BCUT2D eigenvalue weighted by molar-refractivity contribution is -0.385. The summed E-state index contributed by atoms with van der Waals surface area (Å²) in [5, 5.41) is 10.5. The fourth-order valence-corrected chi connectivity index (χ4v) is 1.98. The van der Waals surface area contributed by atoms with Gasteiger partial charge in [0.25, 0.3) is 5.69 Å². The average molecular weight is 245 g/mol. The number of ether oxygens (including phenoxy) is 1. The van der Waals surface area contributed by atoms with Crippen LogP contribution < -0.4 is 4.74 Å². The molecule has 0 aliphatic carbocycles. The number of sulfone groups is 1. The fourth-order valence-electron chi connectivity index (χ4n) is 1.18. The van der Waals surface area contributed by atoms with Crippen LogP contribution in [-0.4, -0.2) is 26.2 Å². The molecule has 1 aromatic carbocycles. The van der Waals surface area contributed by atoms with Gasteiger partial charge in [-0.25, -0.2) is 8.42 Å². The molecule has 0 heterocycles. The molecule has 16 heavy (non-hydrogen) atoms. The molecule has 0 unspecified atom stereocenters. The highest BCUT2D eigenvalue weighted by atomic mass is 32.2. The van der Waals surface area contributed by atoms with Gasteiger partial charge in [0.05, 0.1) is 17.6 Å². The smallest absolute Gasteiger partial charge is 0.273 e. The van der Waals surface area contributed by atoms with E-state index in [2.05, 4.69) is 0 Å². The zero-order chi connectivity index (χ0) is 12.3. The summed E-state index contributed by atoms with van der Waals surface area (Å²) in [6.45, 7) is 1.91. The van der Waals surface area contributed by atoms with Crippen molar-refractivity contribution in [3.8, 4) is 5.75 Å². The molecule has 0 spiro atoms. The van der Waals surface area contributed by atoms with E-state index in [-0.39, 0.29) is 22.9 Å². The van der Waals surface area contributed by atoms with Crippen molar-refractivity contribution >= 4 is 15.5 Å². The maximum Gasteiger partial charge on any atom is 0.273 e. The Balaban J connectivity index is 3.36. The SMILES string of the molecule is CCOc1cc([N+](=O)[O-])ccc1S(C)(=O)=O. The predicted octanol–water partition coefficient (Wildman–Crippen LogP) is 1.40. The second kappa shape index (κ2) is 4.48. The lowest BCUT2D eigenvalue weighted by atomic mass is 10.3. The molecule has 0 amide bonds. The van der Waals surface area contributed by atoms with Crippen molar-refractivity contribution < 1.29 is 18.1 Å². The summed E-state index contributed by atoms with van der Waals surface area (Å²) < 4.78 is 27.8. The van der Waals surface area contributed by atoms with Gasteiger partial charge < -0.3 is 4.74 Å². The molecule has 7 heteroatoms. The molecule has 1 aromatic rings. The van der Waals surface area contributed by atoms with Gasteiger partial charge in [0.2, 0.25) is 0 Å².